The van der Waals surface area contributed by atoms with Crippen LogP contribution in [0.5, 0.6) is 5.75 Å². The van der Waals surface area contributed by atoms with E-state index in [1.54, 1.807) is 6.07 Å². The minimum Gasteiger partial charge on any atom is -0.494 e. The molecule has 0 aliphatic rings. The summed E-state index contributed by atoms with van der Waals surface area (Å²) in [6.45, 7) is -3.09. The molecule has 33 heavy (non-hydrogen) atoms. The predicted octanol–water partition coefficient (Wildman–Crippen LogP) is 4.93. The molecule has 0 fully saturated rings. The molecule has 0 atom stereocenters. The highest BCUT2D eigenvalue weighted by molar-refractivity contribution is 5.98. The van der Waals surface area contributed by atoms with Gasteiger partial charge in [0, 0.05) is 45.9 Å². The summed E-state index contributed by atoms with van der Waals surface area (Å²) in [6.07, 6.45) is -0.508. The molecule has 0 amide bonds. The summed E-state index contributed by atoms with van der Waals surface area (Å²) < 4.78 is 116. The lowest BCUT2D eigenvalue weighted by molar-refractivity contribution is -0.114. The maximum absolute atomic E-state index is 14.4. The molecule has 0 saturated heterocycles. The molecule has 3 rings (SSSR count). The van der Waals surface area contributed by atoms with Gasteiger partial charge in [-0.2, -0.15) is 5.26 Å². The van der Waals surface area contributed by atoms with Crippen molar-refractivity contribution in [2.75, 3.05) is 32.4 Å². The first-order valence-corrected chi connectivity index (χ1v) is 9.61. The highest BCUT2D eigenvalue weighted by Crippen LogP contribution is 2.34. The molecule has 1 N–H and O–H groups in total. The lowest BCUT2D eigenvalue weighted by Crippen LogP contribution is -2.11. The Kier molecular flexibility index (Phi) is 4.05. The number of carbonyl (C=O) groups is 1. The van der Waals surface area contributed by atoms with Crippen LogP contribution in [0.2, 0.25) is 0 Å². The van der Waals surface area contributed by atoms with E-state index in [1.807, 2.05) is 0 Å². The lowest BCUT2D eigenvalue weighted by atomic mass is 10.0. The van der Waals surface area contributed by atoms with Crippen molar-refractivity contribution >= 4 is 28.1 Å². The molecule has 0 bridgehead atoms. The van der Waals surface area contributed by atoms with E-state index in [0.29, 0.717) is 0 Å². The van der Waals surface area contributed by atoms with Crippen LogP contribution in [-0.2, 0) is 11.2 Å². The second kappa shape index (κ2) is 10.7. The van der Waals surface area contributed by atoms with E-state index in [4.69, 9.17) is 21.2 Å². The Balaban J connectivity index is 2.37. The smallest absolute Gasteiger partial charge is 0.159 e. The van der Waals surface area contributed by atoms with Gasteiger partial charge in [-0.15, -0.1) is 0 Å². The molecule has 0 saturated carbocycles. The summed E-state index contributed by atoms with van der Waals surface area (Å²) in [5.74, 6) is -2.69. The number of rotatable bonds is 9. The van der Waals surface area contributed by atoms with E-state index < -0.39 is 108 Å². The van der Waals surface area contributed by atoms with Gasteiger partial charge in [0.25, 0.3) is 0 Å². The molecule has 0 aliphatic heterocycles. The van der Waals surface area contributed by atoms with Crippen LogP contribution >= 0.6 is 0 Å². The number of anilines is 2. The zero-order valence-electron chi connectivity index (χ0n) is 30.0. The molecule has 1 heterocycles. The van der Waals surface area contributed by atoms with Crippen molar-refractivity contribution in [1.29, 1.82) is 5.26 Å². The van der Waals surface area contributed by atoms with Gasteiger partial charge in [0.1, 0.15) is 17.6 Å². The number of likely N-dealkylation sites (N-methyl/N-ethyl adjacent to an activating group) is 1. The fourth-order valence-electron chi connectivity index (χ4n) is 2.77. The number of hydrogen-bond acceptors (Lipinski definition) is 6. The number of fused-ring (bicyclic) bond motifs is 1. The summed E-state index contributed by atoms with van der Waals surface area (Å²) in [5.41, 5.74) is -2.56. The Morgan fingerprint density at radius 2 is 2.30 bits per heavy atom. The van der Waals surface area contributed by atoms with Gasteiger partial charge in [-0.05, 0) is 63.7 Å². The standard InChI is InChI=1S/C26H27FN4O2/c1-5-33-25-14-24-22(13-18(25)12-21(32)7-6-10-31(3)4)26(19(15-28)16-29-24)30-20-8-9-23(27)17(2)11-20/h6-9,11,13-14,16H,5,10,12H2,1-4H3,(H,29,30)/b7-6+/i3D3,5D2,7D,8D,9D,11D,13D,14D,16D. The number of benzene rings is 2. The number of nitrogens with zero attached hydrogens (tertiary/aromatic N) is 3. The van der Waals surface area contributed by atoms with Crippen LogP contribution in [0.4, 0.5) is 15.8 Å². The highest BCUT2D eigenvalue weighted by Gasteiger charge is 2.16. The van der Waals surface area contributed by atoms with Crippen LogP contribution in [-0.4, -0.2) is 42.8 Å². The number of nitrogens with one attached hydrogen (secondary N) is 1. The molecule has 0 aliphatic carbocycles. The second-order valence-electron chi connectivity index (χ2n) is 6.82. The first-order valence-electron chi connectivity index (χ1n) is 15.6. The third-order valence-corrected chi connectivity index (χ3v) is 4.27. The van der Waals surface area contributed by atoms with Gasteiger partial charge >= 0.3 is 0 Å². The number of carbonyl (C=O) groups excluding carboxylic acids is 1. The Morgan fingerprint density at radius 3 is 3.03 bits per heavy atom. The fraction of sp³-hybridized carbons (Fsp3) is 0.269. The van der Waals surface area contributed by atoms with Gasteiger partial charge in [0.05, 0.1) is 35.7 Å². The molecule has 2 aromatic carbocycles. The Hall–Kier alpha value is -3.76. The fourth-order valence-corrected chi connectivity index (χ4v) is 2.77. The zero-order chi connectivity index (χ0) is 34.3. The van der Waals surface area contributed by atoms with E-state index >= 15 is 0 Å². The molecular formula is C26H27FN4O2. The van der Waals surface area contributed by atoms with Crippen LogP contribution in [0, 0.1) is 24.1 Å². The number of pyridine rings is 1. The lowest BCUT2D eigenvalue weighted by Gasteiger charge is -2.15. The monoisotopic (exact) mass is 458 g/mol. The minimum absolute atomic E-state index is 0.306. The third kappa shape index (κ3) is 5.93. The number of ketones is 1. The average molecular weight is 459 g/mol. The van der Waals surface area contributed by atoms with Crippen molar-refractivity contribution in [2.24, 2.45) is 0 Å². The van der Waals surface area contributed by atoms with Crippen molar-refractivity contribution in [1.82, 2.24) is 9.88 Å². The van der Waals surface area contributed by atoms with Gasteiger partial charge in [0.2, 0.25) is 0 Å². The molecule has 7 heteroatoms. The summed E-state index contributed by atoms with van der Waals surface area (Å²) in [6, 6.07) is -2.47. The SMILES string of the molecule is [2H]/C(=C\CN(C)C([2H])([2H])[2H])C(=O)Cc1c(OC([2H])([2H])C)c([2H])c2nc([2H])c(C#N)c(Nc3c([2H])c([2H])c(F)c(C)c3[2H])c2c1[2H]. The summed E-state index contributed by atoms with van der Waals surface area (Å²) in [7, 11) is 1.25. The van der Waals surface area contributed by atoms with Crippen LogP contribution in [0.1, 0.15) is 40.1 Å². The Morgan fingerprint density at radius 1 is 1.48 bits per heavy atom. The second-order valence-corrected chi connectivity index (χ2v) is 6.82. The zero-order valence-corrected chi connectivity index (χ0v) is 18.0. The summed E-state index contributed by atoms with van der Waals surface area (Å²) in [5, 5.41) is 12.1. The Bertz CT molecular complexity index is 1750. The number of nitriles is 1. The van der Waals surface area contributed by atoms with Crippen molar-refractivity contribution in [3.63, 3.8) is 0 Å². The minimum atomic E-state index is -2.51. The van der Waals surface area contributed by atoms with E-state index in [0.717, 1.165) is 17.9 Å². The number of halogens is 1. The number of ether oxygens (including phenoxy) is 1. The predicted molar refractivity (Wildman–Crippen MR) is 128 cm³/mol. The van der Waals surface area contributed by atoms with Crippen molar-refractivity contribution in [3.8, 4) is 11.8 Å². The van der Waals surface area contributed by atoms with Crippen LogP contribution in [0.15, 0.2) is 48.5 Å². The quantitative estimate of drug-likeness (QED) is 0.458. The maximum atomic E-state index is 14.4. The molecule has 0 radical (unpaired) electrons. The molecule has 0 unspecified atom stereocenters. The topological polar surface area (TPSA) is 78.2 Å². The first-order chi connectivity index (χ1) is 20.6. The van der Waals surface area contributed by atoms with Crippen molar-refractivity contribution in [3.05, 3.63) is 71.0 Å². The highest BCUT2D eigenvalue weighted by atomic mass is 19.1. The number of hydrogen-bond donors (Lipinski definition) is 1. The van der Waals surface area contributed by atoms with Gasteiger partial charge in [0.15, 0.2) is 5.78 Å². The summed E-state index contributed by atoms with van der Waals surface area (Å²) in [4.78, 5) is 17.9. The van der Waals surface area contributed by atoms with Crippen LogP contribution < -0.4 is 10.1 Å². The van der Waals surface area contributed by atoms with Crippen molar-refractivity contribution in [2.45, 2.75) is 20.3 Å². The number of aromatic nitrogens is 1. The van der Waals surface area contributed by atoms with Gasteiger partial charge in [-0.25, -0.2) is 4.39 Å². The summed E-state index contributed by atoms with van der Waals surface area (Å²) >= 11 is 0. The molecule has 0 spiro atoms. The van der Waals surface area contributed by atoms with E-state index in [-0.39, 0.29) is 17.5 Å². The first kappa shape index (κ1) is 12.5. The van der Waals surface area contributed by atoms with E-state index in [1.165, 1.54) is 14.0 Å². The molecule has 3 aromatic rings. The largest absolute Gasteiger partial charge is 0.494 e. The van der Waals surface area contributed by atoms with Crippen LogP contribution in [0.25, 0.3) is 10.9 Å². The van der Waals surface area contributed by atoms with E-state index in [2.05, 4.69) is 10.3 Å². The number of allylic oxidation sites excluding steroid dienone is 1. The van der Waals surface area contributed by atoms with Gasteiger partial charge < -0.3 is 15.0 Å². The third-order valence-electron chi connectivity index (χ3n) is 4.27. The van der Waals surface area contributed by atoms with Gasteiger partial charge in [-0.3, -0.25) is 9.78 Å². The average Bonchev–Trinajstić information content (AvgIpc) is 2.94. The molecule has 170 valence electrons. The molecule has 1 aromatic heterocycles. The molecular weight excluding hydrogens is 419 g/mol. The van der Waals surface area contributed by atoms with E-state index in [9.17, 15) is 14.4 Å². The molecule has 6 nitrogen and oxygen atoms in total. The van der Waals surface area contributed by atoms with Crippen LogP contribution in [0.3, 0.4) is 0 Å². The maximum Gasteiger partial charge on any atom is 0.159 e. The van der Waals surface area contributed by atoms with Crippen molar-refractivity contribution < 1.29 is 30.4 Å². The normalized spacial score (nSPS) is 17.5. The Labute approximate surface area is 210 Å². The van der Waals surface area contributed by atoms with Gasteiger partial charge in [-0.1, -0.05) is 6.08 Å².